The molecule has 142 valence electrons. The smallest absolute Gasteiger partial charge is 0.00570 e. The SMILES string of the molecule is CCC(C)(CC)C1CC[C@@H]2C(CC[C@]3(C)C4=C(CCC4)CCC23C)C1. The second-order valence-electron chi connectivity index (χ2n) is 11.0. The van der Waals surface area contributed by atoms with Gasteiger partial charge in [-0.3, -0.25) is 0 Å². The summed E-state index contributed by atoms with van der Waals surface area (Å²) in [6.45, 7) is 12.9. The van der Waals surface area contributed by atoms with Gasteiger partial charge in [0.1, 0.15) is 0 Å². The van der Waals surface area contributed by atoms with E-state index in [1.807, 2.05) is 11.1 Å². The molecular formula is C25H42. The van der Waals surface area contributed by atoms with E-state index in [0.717, 1.165) is 17.8 Å². The highest BCUT2D eigenvalue weighted by Gasteiger charge is 2.59. The van der Waals surface area contributed by atoms with Gasteiger partial charge < -0.3 is 0 Å². The van der Waals surface area contributed by atoms with Crippen molar-refractivity contribution in [3.05, 3.63) is 11.1 Å². The van der Waals surface area contributed by atoms with Gasteiger partial charge in [0.05, 0.1) is 0 Å². The van der Waals surface area contributed by atoms with Crippen LogP contribution >= 0.6 is 0 Å². The van der Waals surface area contributed by atoms with E-state index in [1.165, 1.54) is 70.6 Å². The third kappa shape index (κ3) is 2.45. The Hall–Kier alpha value is -0.260. The summed E-state index contributed by atoms with van der Waals surface area (Å²) in [4.78, 5) is 0. The maximum Gasteiger partial charge on any atom is -0.00570 e. The lowest BCUT2D eigenvalue weighted by Gasteiger charge is -2.63. The quantitative estimate of drug-likeness (QED) is 0.457. The molecule has 0 spiro atoms. The van der Waals surface area contributed by atoms with Crippen molar-refractivity contribution in [3.63, 3.8) is 0 Å². The largest absolute Gasteiger partial charge is 0.0704 e. The van der Waals surface area contributed by atoms with Crippen molar-refractivity contribution in [1.82, 2.24) is 0 Å². The molecule has 0 aromatic heterocycles. The molecule has 0 heteroatoms. The van der Waals surface area contributed by atoms with Crippen molar-refractivity contribution >= 4 is 0 Å². The molecule has 0 amide bonds. The zero-order valence-electron chi connectivity index (χ0n) is 17.7. The van der Waals surface area contributed by atoms with Gasteiger partial charge in [-0.1, -0.05) is 58.6 Å². The summed E-state index contributed by atoms with van der Waals surface area (Å²) in [5.41, 5.74) is 5.59. The van der Waals surface area contributed by atoms with E-state index in [2.05, 4.69) is 34.6 Å². The van der Waals surface area contributed by atoms with Crippen molar-refractivity contribution in [2.75, 3.05) is 0 Å². The molecule has 0 radical (unpaired) electrons. The van der Waals surface area contributed by atoms with Crippen LogP contribution in [0.15, 0.2) is 11.1 Å². The maximum atomic E-state index is 2.73. The van der Waals surface area contributed by atoms with Gasteiger partial charge in [0.2, 0.25) is 0 Å². The van der Waals surface area contributed by atoms with Crippen LogP contribution in [0.2, 0.25) is 0 Å². The Kier molecular flexibility index (Phi) is 4.45. The lowest BCUT2D eigenvalue weighted by atomic mass is 9.41. The average Bonchev–Trinajstić information content (AvgIpc) is 3.12. The van der Waals surface area contributed by atoms with E-state index in [1.54, 1.807) is 6.42 Å². The molecule has 3 unspecified atom stereocenters. The fraction of sp³-hybridized carbons (Fsp3) is 0.920. The normalized spacial score (nSPS) is 44.3. The van der Waals surface area contributed by atoms with Crippen molar-refractivity contribution in [3.8, 4) is 0 Å². The zero-order chi connectivity index (χ0) is 17.9. The van der Waals surface area contributed by atoms with Gasteiger partial charge in [-0.05, 0) is 98.2 Å². The first-order valence-electron chi connectivity index (χ1n) is 11.6. The van der Waals surface area contributed by atoms with E-state index < -0.39 is 0 Å². The van der Waals surface area contributed by atoms with Crippen LogP contribution in [0, 0.1) is 34.0 Å². The predicted molar refractivity (Wildman–Crippen MR) is 109 cm³/mol. The highest BCUT2D eigenvalue weighted by molar-refractivity contribution is 5.33. The van der Waals surface area contributed by atoms with Gasteiger partial charge in [0.15, 0.2) is 0 Å². The van der Waals surface area contributed by atoms with Crippen LogP contribution < -0.4 is 0 Å². The summed E-state index contributed by atoms with van der Waals surface area (Å²) < 4.78 is 0. The van der Waals surface area contributed by atoms with Crippen LogP contribution in [0.4, 0.5) is 0 Å². The van der Waals surface area contributed by atoms with Gasteiger partial charge in [0, 0.05) is 0 Å². The molecule has 0 aliphatic heterocycles. The van der Waals surface area contributed by atoms with E-state index in [9.17, 15) is 0 Å². The number of hydrogen-bond acceptors (Lipinski definition) is 0. The number of rotatable bonds is 3. The van der Waals surface area contributed by atoms with Gasteiger partial charge in [-0.25, -0.2) is 0 Å². The molecule has 0 saturated heterocycles. The molecular weight excluding hydrogens is 300 g/mol. The summed E-state index contributed by atoms with van der Waals surface area (Å²) in [5.74, 6) is 3.02. The monoisotopic (exact) mass is 342 g/mol. The van der Waals surface area contributed by atoms with Crippen LogP contribution in [-0.4, -0.2) is 0 Å². The zero-order valence-corrected chi connectivity index (χ0v) is 17.7. The summed E-state index contributed by atoms with van der Waals surface area (Å²) in [6, 6.07) is 0. The first-order chi connectivity index (χ1) is 11.9. The van der Waals surface area contributed by atoms with Crippen LogP contribution in [0.25, 0.3) is 0 Å². The van der Waals surface area contributed by atoms with E-state index in [-0.39, 0.29) is 0 Å². The molecule has 4 rings (SSSR count). The molecule has 2 fully saturated rings. The second kappa shape index (κ2) is 6.13. The highest BCUT2D eigenvalue weighted by atomic mass is 14.6. The highest BCUT2D eigenvalue weighted by Crippen LogP contribution is 2.69. The van der Waals surface area contributed by atoms with Gasteiger partial charge in [-0.2, -0.15) is 0 Å². The molecule has 0 bridgehead atoms. The molecule has 0 aromatic carbocycles. The first-order valence-corrected chi connectivity index (χ1v) is 11.6. The fourth-order valence-electron chi connectivity index (χ4n) is 8.17. The van der Waals surface area contributed by atoms with Crippen molar-refractivity contribution in [2.45, 2.75) is 112 Å². The number of fused-ring (bicyclic) bond motifs is 4. The lowest BCUT2D eigenvalue weighted by Crippen LogP contribution is -2.54. The third-order valence-corrected chi connectivity index (χ3v) is 10.6. The summed E-state index contributed by atoms with van der Waals surface area (Å²) >= 11 is 0. The Morgan fingerprint density at radius 3 is 2.44 bits per heavy atom. The first kappa shape index (κ1) is 18.1. The van der Waals surface area contributed by atoms with Crippen molar-refractivity contribution in [1.29, 1.82) is 0 Å². The Bertz CT molecular complexity index is 550. The van der Waals surface area contributed by atoms with Crippen LogP contribution in [0.3, 0.4) is 0 Å². The average molecular weight is 343 g/mol. The maximum absolute atomic E-state index is 2.73. The van der Waals surface area contributed by atoms with Gasteiger partial charge in [-0.15, -0.1) is 0 Å². The molecule has 0 N–H and O–H groups in total. The summed E-state index contributed by atoms with van der Waals surface area (Å²) in [6.07, 6.45) is 17.6. The van der Waals surface area contributed by atoms with Crippen LogP contribution in [0.5, 0.6) is 0 Å². The Morgan fingerprint density at radius 2 is 1.72 bits per heavy atom. The summed E-state index contributed by atoms with van der Waals surface area (Å²) in [5, 5.41) is 0. The van der Waals surface area contributed by atoms with Crippen molar-refractivity contribution in [2.24, 2.45) is 34.0 Å². The minimum absolute atomic E-state index is 0.546. The summed E-state index contributed by atoms with van der Waals surface area (Å²) in [7, 11) is 0. The third-order valence-electron chi connectivity index (χ3n) is 10.6. The standard InChI is InChI=1S/C25H42/c1-6-23(3,7-2)20-11-12-22-19(17-20)14-16-24(4)21-10-8-9-18(21)13-15-25(22,24)5/h19-20,22H,6-17H2,1-5H3/t19?,20?,22-,24-,25?/m1/s1. The van der Waals surface area contributed by atoms with Crippen LogP contribution in [-0.2, 0) is 0 Å². The fourth-order valence-corrected chi connectivity index (χ4v) is 8.17. The minimum Gasteiger partial charge on any atom is -0.0704 e. The van der Waals surface area contributed by atoms with Crippen LogP contribution in [0.1, 0.15) is 112 Å². The number of hydrogen-bond donors (Lipinski definition) is 0. The second-order valence-corrected chi connectivity index (χ2v) is 11.0. The van der Waals surface area contributed by atoms with E-state index in [0.29, 0.717) is 16.2 Å². The molecule has 2 saturated carbocycles. The minimum atomic E-state index is 0.546. The van der Waals surface area contributed by atoms with Gasteiger partial charge in [0.25, 0.3) is 0 Å². The molecule has 5 atom stereocenters. The predicted octanol–water partition coefficient (Wildman–Crippen LogP) is 7.93. The number of allylic oxidation sites excluding steroid dienone is 2. The molecule has 4 aliphatic carbocycles. The van der Waals surface area contributed by atoms with E-state index in [4.69, 9.17) is 0 Å². The molecule has 0 aromatic rings. The molecule has 0 nitrogen and oxygen atoms in total. The van der Waals surface area contributed by atoms with Crippen molar-refractivity contribution < 1.29 is 0 Å². The molecule has 25 heavy (non-hydrogen) atoms. The Labute approximate surface area is 157 Å². The van der Waals surface area contributed by atoms with Gasteiger partial charge >= 0.3 is 0 Å². The molecule has 4 aliphatic rings. The Morgan fingerprint density at radius 1 is 0.960 bits per heavy atom. The topological polar surface area (TPSA) is 0 Å². The van der Waals surface area contributed by atoms with E-state index >= 15 is 0 Å². The Balaban J connectivity index is 1.60. The lowest BCUT2D eigenvalue weighted by molar-refractivity contribution is -0.0991. The molecule has 0 heterocycles.